The summed E-state index contributed by atoms with van der Waals surface area (Å²) in [5.41, 5.74) is 11.0. The molecule has 32 heavy (non-hydrogen) atoms. The van der Waals surface area contributed by atoms with Crippen LogP contribution in [0.5, 0.6) is 0 Å². The fraction of sp³-hybridized carbons (Fsp3) is 0.875. The normalized spacial score (nSPS) is 28.3. The van der Waals surface area contributed by atoms with E-state index in [1.807, 2.05) is 27.7 Å². The Morgan fingerprint density at radius 3 is 2.41 bits per heavy atom. The van der Waals surface area contributed by atoms with Crippen molar-refractivity contribution in [3.05, 3.63) is 11.4 Å². The Kier molecular flexibility index (Phi) is 9.15. The van der Waals surface area contributed by atoms with Crippen LogP contribution in [0.2, 0.25) is 0 Å². The maximum absolute atomic E-state index is 11.7. The number of ether oxygens (including phenoxy) is 1. The first-order valence-corrected chi connectivity index (χ1v) is 12.2. The van der Waals surface area contributed by atoms with Gasteiger partial charge in [0.05, 0.1) is 43.5 Å². The van der Waals surface area contributed by atoms with Crippen molar-refractivity contribution in [2.45, 2.75) is 84.3 Å². The molecule has 0 aliphatic heterocycles. The van der Waals surface area contributed by atoms with Crippen molar-refractivity contribution in [1.29, 1.82) is 0 Å². The number of amides is 1. The highest BCUT2D eigenvalue weighted by molar-refractivity contribution is 5.76. The van der Waals surface area contributed by atoms with Gasteiger partial charge in [-0.1, -0.05) is 6.92 Å². The van der Waals surface area contributed by atoms with Crippen molar-refractivity contribution in [2.75, 3.05) is 33.9 Å². The monoisotopic (exact) mass is 454 g/mol. The van der Waals surface area contributed by atoms with Gasteiger partial charge >= 0.3 is 0 Å². The fourth-order valence-corrected chi connectivity index (χ4v) is 5.01. The zero-order chi connectivity index (χ0) is 24.2. The molecule has 0 bridgehead atoms. The van der Waals surface area contributed by atoms with Crippen LogP contribution in [0, 0.1) is 17.8 Å². The predicted octanol–water partition coefficient (Wildman–Crippen LogP) is 2.55. The number of nitrogens with zero attached hydrogens (tertiary/aromatic N) is 1. The second-order valence-electron chi connectivity index (χ2n) is 11.2. The summed E-state index contributed by atoms with van der Waals surface area (Å²) >= 11 is 0. The molecule has 2 rings (SSSR count). The second kappa shape index (κ2) is 10.8. The maximum Gasteiger partial charge on any atom is 0.222 e. The van der Waals surface area contributed by atoms with Gasteiger partial charge < -0.3 is 20.6 Å². The molecule has 4 unspecified atom stereocenters. The molecule has 0 aromatic carbocycles. The molecule has 0 aromatic rings. The number of hydrogen-bond donors (Lipinski definition) is 4. The molecule has 1 saturated carbocycles. The van der Waals surface area contributed by atoms with Crippen molar-refractivity contribution < 1.29 is 19.0 Å². The number of hydrogen-bond acceptors (Lipinski definition) is 6. The van der Waals surface area contributed by atoms with E-state index in [4.69, 9.17) is 21.2 Å². The molecule has 0 saturated heterocycles. The lowest BCUT2D eigenvalue weighted by molar-refractivity contribution is -0.886. The van der Waals surface area contributed by atoms with E-state index in [9.17, 15) is 4.79 Å². The minimum Gasteiger partial charge on any atom is -0.397 e. The first-order valence-electron chi connectivity index (χ1n) is 12.2. The number of allylic oxidation sites excluding steroid dienone is 2. The number of fused-ring (bicyclic) bond motifs is 1. The summed E-state index contributed by atoms with van der Waals surface area (Å²) in [5, 5.41) is 2.65. The highest BCUT2D eigenvalue weighted by atomic mass is 16.6. The summed E-state index contributed by atoms with van der Waals surface area (Å²) in [7, 11) is 3.71. The molecule has 0 spiro atoms. The van der Waals surface area contributed by atoms with E-state index in [1.54, 1.807) is 7.05 Å². The average Bonchev–Trinajstić information content (AvgIpc) is 3.32. The average molecular weight is 455 g/mol. The smallest absolute Gasteiger partial charge is 0.222 e. The largest absolute Gasteiger partial charge is 0.397 e. The number of quaternary nitrogens is 1. The lowest BCUT2D eigenvalue weighted by Gasteiger charge is -2.32. The predicted molar refractivity (Wildman–Crippen MR) is 128 cm³/mol. The molecule has 1 amide bonds. The molecule has 2 aliphatic rings. The van der Waals surface area contributed by atoms with Crippen molar-refractivity contribution in [1.82, 2.24) is 10.8 Å². The van der Waals surface area contributed by atoms with Crippen LogP contribution in [0.25, 0.3) is 0 Å². The highest BCUT2D eigenvalue weighted by Gasteiger charge is 2.50. The van der Waals surface area contributed by atoms with Crippen LogP contribution in [0.4, 0.5) is 0 Å². The molecule has 0 heterocycles. The van der Waals surface area contributed by atoms with Crippen LogP contribution in [0.3, 0.4) is 0 Å². The zero-order valence-electron chi connectivity index (χ0n) is 21.4. The van der Waals surface area contributed by atoms with Gasteiger partial charge in [-0.3, -0.25) is 4.79 Å². The molecule has 0 aromatic heterocycles. The number of nitrogens with one attached hydrogen (secondary N) is 2. The first-order chi connectivity index (χ1) is 14.8. The molecule has 6 N–H and O–H groups in total. The van der Waals surface area contributed by atoms with Crippen LogP contribution >= 0.6 is 0 Å². The van der Waals surface area contributed by atoms with Crippen molar-refractivity contribution in [3.63, 3.8) is 0 Å². The Bertz CT molecular complexity index is 675. The first kappa shape index (κ1) is 27.1. The highest BCUT2D eigenvalue weighted by Crippen LogP contribution is 2.54. The van der Waals surface area contributed by atoms with Crippen molar-refractivity contribution in [3.8, 4) is 0 Å². The summed E-state index contributed by atoms with van der Waals surface area (Å²) in [6, 6.07) is 0. The summed E-state index contributed by atoms with van der Waals surface area (Å²) in [5.74, 6) is 8.47. The SMILES string of the molecule is CCC[N+](C)(N)/C1=C(\N)CCC2C(CC1)C2CONC(C)(C)COC(C)(C)CC(=O)NC. The van der Waals surface area contributed by atoms with Gasteiger partial charge in [-0.15, -0.1) is 0 Å². The molecule has 2 aliphatic carbocycles. The summed E-state index contributed by atoms with van der Waals surface area (Å²) in [6.07, 6.45) is 5.51. The minimum absolute atomic E-state index is 0.0260. The van der Waals surface area contributed by atoms with E-state index in [1.165, 1.54) is 5.70 Å². The van der Waals surface area contributed by atoms with Gasteiger partial charge in [0.1, 0.15) is 12.2 Å². The third kappa shape index (κ3) is 7.70. The number of hydroxylamine groups is 1. The van der Waals surface area contributed by atoms with Gasteiger partial charge in [-0.25, -0.2) is 4.59 Å². The molecule has 8 nitrogen and oxygen atoms in total. The standard InChI is InChI=1S/C24H47N5O3/c1-8-13-29(7,26)21-12-10-18-17(9-11-20(21)25)19(18)15-32-28-23(2,3)16-31-24(4,5)14-22(30)27-6/h17-19,28H,8-16,25-26H2,1-7H3/p+1/b21-20-. The lowest BCUT2D eigenvalue weighted by Crippen LogP contribution is -2.51. The Morgan fingerprint density at radius 1 is 1.19 bits per heavy atom. The van der Waals surface area contributed by atoms with Crippen LogP contribution < -0.4 is 22.4 Å². The quantitative estimate of drug-likeness (QED) is 0.205. The van der Waals surface area contributed by atoms with Gasteiger partial charge in [-0.05, 0) is 71.1 Å². The van der Waals surface area contributed by atoms with E-state index in [-0.39, 0.29) is 11.4 Å². The van der Waals surface area contributed by atoms with E-state index < -0.39 is 5.60 Å². The molecule has 4 atom stereocenters. The van der Waals surface area contributed by atoms with Gasteiger partial charge in [0.2, 0.25) is 5.91 Å². The molecular formula is C24H48N5O3+. The third-order valence-corrected chi connectivity index (χ3v) is 6.96. The van der Waals surface area contributed by atoms with Crippen LogP contribution in [-0.2, 0) is 14.4 Å². The maximum atomic E-state index is 11.7. The van der Waals surface area contributed by atoms with Crippen molar-refractivity contribution in [2.24, 2.45) is 29.3 Å². The van der Waals surface area contributed by atoms with Gasteiger partial charge in [0.15, 0.2) is 0 Å². The molecular weight excluding hydrogens is 406 g/mol. The van der Waals surface area contributed by atoms with Gasteiger partial charge in [0, 0.05) is 13.5 Å². The minimum atomic E-state index is -0.528. The zero-order valence-corrected chi connectivity index (χ0v) is 21.4. The van der Waals surface area contributed by atoms with Crippen molar-refractivity contribution >= 4 is 5.91 Å². The van der Waals surface area contributed by atoms with E-state index in [0.29, 0.717) is 42.0 Å². The van der Waals surface area contributed by atoms with Gasteiger partial charge in [-0.2, -0.15) is 11.3 Å². The second-order valence-corrected chi connectivity index (χ2v) is 11.2. The number of carbonyl (C=O) groups is 1. The lowest BCUT2D eigenvalue weighted by atomic mass is 10.0. The fourth-order valence-electron chi connectivity index (χ4n) is 5.01. The number of nitrogens with two attached hydrogens (primary N) is 2. The number of carbonyl (C=O) groups excluding carboxylic acids is 1. The van der Waals surface area contributed by atoms with Gasteiger partial charge in [0.25, 0.3) is 0 Å². The Morgan fingerprint density at radius 2 is 1.81 bits per heavy atom. The van der Waals surface area contributed by atoms with Crippen LogP contribution in [-0.4, -0.2) is 55.5 Å². The Hall–Kier alpha value is -1.19. The summed E-state index contributed by atoms with van der Waals surface area (Å²) in [4.78, 5) is 17.6. The van der Waals surface area contributed by atoms with E-state index in [2.05, 4.69) is 24.8 Å². The molecule has 8 heteroatoms. The molecule has 186 valence electrons. The van der Waals surface area contributed by atoms with Crippen LogP contribution in [0.15, 0.2) is 11.4 Å². The molecule has 1 fully saturated rings. The third-order valence-electron chi connectivity index (χ3n) is 6.96. The summed E-state index contributed by atoms with van der Waals surface area (Å²) < 4.78 is 6.43. The number of rotatable bonds is 12. The Labute approximate surface area is 194 Å². The van der Waals surface area contributed by atoms with Crippen LogP contribution in [0.1, 0.15) is 73.1 Å². The topological polar surface area (TPSA) is 112 Å². The van der Waals surface area contributed by atoms with E-state index in [0.717, 1.165) is 44.3 Å². The summed E-state index contributed by atoms with van der Waals surface area (Å²) in [6.45, 7) is 12.2. The Balaban J connectivity index is 1.78. The van der Waals surface area contributed by atoms with E-state index >= 15 is 0 Å². The molecule has 0 radical (unpaired) electrons.